The molecular weight excluding hydrogens is 324 g/mol. The van der Waals surface area contributed by atoms with Crippen molar-refractivity contribution in [3.05, 3.63) is 71.8 Å². The number of hydrogen-bond acceptors (Lipinski definition) is 4. The predicted molar refractivity (Wildman–Crippen MR) is 104 cm³/mol. The smallest absolute Gasteiger partial charge is 0.307 e. The summed E-state index contributed by atoms with van der Waals surface area (Å²) in [5.41, 5.74) is 2.32. The molecule has 26 heavy (non-hydrogen) atoms. The van der Waals surface area contributed by atoms with E-state index in [1.54, 1.807) is 0 Å². The van der Waals surface area contributed by atoms with Gasteiger partial charge in [0.1, 0.15) is 0 Å². The molecule has 1 fully saturated rings. The van der Waals surface area contributed by atoms with Gasteiger partial charge in [-0.15, -0.1) is 0 Å². The van der Waals surface area contributed by atoms with E-state index in [2.05, 4.69) is 46.6 Å². The van der Waals surface area contributed by atoms with Gasteiger partial charge in [0.25, 0.3) is 0 Å². The van der Waals surface area contributed by atoms with Crippen LogP contribution >= 0.6 is 0 Å². The van der Waals surface area contributed by atoms with Gasteiger partial charge in [-0.1, -0.05) is 60.7 Å². The van der Waals surface area contributed by atoms with E-state index < -0.39 is 0 Å². The average Bonchev–Trinajstić information content (AvgIpc) is 3.04. The lowest BCUT2D eigenvalue weighted by Gasteiger charge is -2.30. The third-order valence-electron chi connectivity index (χ3n) is 4.98. The SMILES string of the molecule is CCOC(=O)CC1(NCc2ccccc2)CCN(Cc2ccccc2)C1. The van der Waals surface area contributed by atoms with Crippen LogP contribution in [-0.2, 0) is 22.6 Å². The van der Waals surface area contributed by atoms with Gasteiger partial charge < -0.3 is 10.1 Å². The Balaban J connectivity index is 1.66. The number of hydrogen-bond donors (Lipinski definition) is 1. The minimum Gasteiger partial charge on any atom is -0.466 e. The molecule has 1 atom stereocenters. The molecule has 1 heterocycles. The Morgan fingerprint density at radius 3 is 2.38 bits per heavy atom. The number of carbonyl (C=O) groups is 1. The van der Waals surface area contributed by atoms with Crippen molar-refractivity contribution in [1.82, 2.24) is 10.2 Å². The first-order valence-electron chi connectivity index (χ1n) is 9.40. The molecule has 1 saturated heterocycles. The number of rotatable bonds is 8. The number of likely N-dealkylation sites (tertiary alicyclic amines) is 1. The van der Waals surface area contributed by atoms with Gasteiger partial charge >= 0.3 is 5.97 Å². The van der Waals surface area contributed by atoms with Gasteiger partial charge in [0.2, 0.25) is 0 Å². The highest BCUT2D eigenvalue weighted by Crippen LogP contribution is 2.27. The Morgan fingerprint density at radius 2 is 1.73 bits per heavy atom. The Bertz CT molecular complexity index is 690. The molecule has 1 unspecified atom stereocenters. The third kappa shape index (κ3) is 5.16. The highest BCUT2D eigenvalue weighted by atomic mass is 16.5. The fourth-order valence-electron chi connectivity index (χ4n) is 3.66. The van der Waals surface area contributed by atoms with Crippen molar-refractivity contribution in [2.24, 2.45) is 0 Å². The molecular formula is C22H28N2O2. The predicted octanol–water partition coefficient (Wildman–Crippen LogP) is 3.37. The summed E-state index contributed by atoms with van der Waals surface area (Å²) in [5, 5.41) is 3.67. The van der Waals surface area contributed by atoms with Gasteiger partial charge in [-0.05, 0) is 24.5 Å². The monoisotopic (exact) mass is 352 g/mol. The Labute approximate surface area is 156 Å². The zero-order valence-electron chi connectivity index (χ0n) is 15.5. The number of nitrogens with one attached hydrogen (secondary N) is 1. The van der Waals surface area contributed by atoms with E-state index in [9.17, 15) is 4.79 Å². The number of ether oxygens (including phenoxy) is 1. The average molecular weight is 352 g/mol. The number of esters is 1. The van der Waals surface area contributed by atoms with Gasteiger partial charge in [-0.2, -0.15) is 0 Å². The van der Waals surface area contributed by atoms with Crippen LogP contribution in [0.25, 0.3) is 0 Å². The summed E-state index contributed by atoms with van der Waals surface area (Å²) in [6.07, 6.45) is 1.37. The summed E-state index contributed by atoms with van der Waals surface area (Å²) in [4.78, 5) is 14.6. The summed E-state index contributed by atoms with van der Waals surface area (Å²) in [6.45, 7) is 5.81. The minimum absolute atomic E-state index is 0.116. The van der Waals surface area contributed by atoms with E-state index in [0.717, 1.165) is 32.6 Å². The van der Waals surface area contributed by atoms with Crippen molar-refractivity contribution >= 4 is 5.97 Å². The zero-order valence-corrected chi connectivity index (χ0v) is 15.5. The van der Waals surface area contributed by atoms with E-state index in [4.69, 9.17) is 4.74 Å². The highest BCUT2D eigenvalue weighted by molar-refractivity contribution is 5.71. The zero-order chi connectivity index (χ0) is 18.2. The van der Waals surface area contributed by atoms with Crippen LogP contribution in [0.3, 0.4) is 0 Å². The second kappa shape index (κ2) is 8.97. The van der Waals surface area contributed by atoms with Crippen LogP contribution in [0.5, 0.6) is 0 Å². The Hall–Kier alpha value is -2.17. The van der Waals surface area contributed by atoms with Crippen molar-refractivity contribution in [3.63, 3.8) is 0 Å². The van der Waals surface area contributed by atoms with Gasteiger partial charge in [0, 0.05) is 31.7 Å². The second-order valence-electron chi connectivity index (χ2n) is 7.05. The van der Waals surface area contributed by atoms with Crippen LogP contribution in [0.4, 0.5) is 0 Å². The summed E-state index contributed by atoms with van der Waals surface area (Å²) in [6, 6.07) is 20.8. The van der Waals surface area contributed by atoms with Crippen molar-refractivity contribution in [2.45, 2.75) is 38.4 Å². The molecule has 3 rings (SSSR count). The van der Waals surface area contributed by atoms with Gasteiger partial charge in [0.05, 0.1) is 13.0 Å². The number of benzene rings is 2. The Kier molecular flexibility index (Phi) is 6.42. The minimum atomic E-state index is -0.225. The van der Waals surface area contributed by atoms with Crippen LogP contribution in [-0.4, -0.2) is 36.1 Å². The molecule has 2 aromatic carbocycles. The normalized spacial score (nSPS) is 20.2. The van der Waals surface area contributed by atoms with Crippen LogP contribution < -0.4 is 5.32 Å². The van der Waals surface area contributed by atoms with Crippen LogP contribution in [0.15, 0.2) is 60.7 Å². The fraction of sp³-hybridized carbons (Fsp3) is 0.409. The Morgan fingerprint density at radius 1 is 1.08 bits per heavy atom. The van der Waals surface area contributed by atoms with Crippen LogP contribution in [0.1, 0.15) is 30.9 Å². The first-order chi connectivity index (χ1) is 12.7. The van der Waals surface area contributed by atoms with E-state index in [0.29, 0.717) is 13.0 Å². The summed E-state index contributed by atoms with van der Waals surface area (Å²) in [5.74, 6) is -0.116. The molecule has 0 saturated carbocycles. The molecule has 2 aromatic rings. The molecule has 0 aliphatic carbocycles. The molecule has 1 N–H and O–H groups in total. The highest BCUT2D eigenvalue weighted by Gasteiger charge is 2.39. The molecule has 4 heteroatoms. The molecule has 1 aliphatic rings. The second-order valence-corrected chi connectivity index (χ2v) is 7.05. The van der Waals surface area contributed by atoms with Crippen molar-refractivity contribution in [1.29, 1.82) is 0 Å². The maximum absolute atomic E-state index is 12.2. The van der Waals surface area contributed by atoms with E-state index in [1.165, 1.54) is 11.1 Å². The lowest BCUT2D eigenvalue weighted by Crippen LogP contribution is -2.49. The molecule has 138 valence electrons. The van der Waals surface area contributed by atoms with E-state index >= 15 is 0 Å². The summed E-state index contributed by atoms with van der Waals surface area (Å²) < 4.78 is 5.24. The third-order valence-corrected chi connectivity index (χ3v) is 4.98. The molecule has 0 aromatic heterocycles. The van der Waals surface area contributed by atoms with E-state index in [-0.39, 0.29) is 11.5 Å². The lowest BCUT2D eigenvalue weighted by molar-refractivity contribution is -0.144. The van der Waals surface area contributed by atoms with Gasteiger partial charge in [-0.25, -0.2) is 0 Å². The molecule has 1 aliphatic heterocycles. The molecule has 0 bridgehead atoms. The molecule has 0 spiro atoms. The van der Waals surface area contributed by atoms with Crippen LogP contribution in [0, 0.1) is 0 Å². The van der Waals surface area contributed by atoms with Crippen LogP contribution in [0.2, 0.25) is 0 Å². The van der Waals surface area contributed by atoms with Crippen molar-refractivity contribution in [2.75, 3.05) is 19.7 Å². The number of carbonyl (C=O) groups excluding carboxylic acids is 1. The topological polar surface area (TPSA) is 41.6 Å². The summed E-state index contributed by atoms with van der Waals surface area (Å²) in [7, 11) is 0. The van der Waals surface area contributed by atoms with Gasteiger partial charge in [0.15, 0.2) is 0 Å². The standard InChI is InChI=1S/C22H28N2O2/c1-2-26-21(25)15-22(23-16-19-9-5-3-6-10-19)13-14-24(18-22)17-20-11-7-4-8-12-20/h3-12,23H,2,13-18H2,1H3. The van der Waals surface area contributed by atoms with Gasteiger partial charge in [-0.3, -0.25) is 9.69 Å². The van der Waals surface area contributed by atoms with Crippen molar-refractivity contribution < 1.29 is 9.53 Å². The maximum Gasteiger partial charge on any atom is 0.307 e. The fourth-order valence-corrected chi connectivity index (χ4v) is 3.66. The molecule has 4 nitrogen and oxygen atoms in total. The number of nitrogens with zero attached hydrogens (tertiary/aromatic N) is 1. The first kappa shape index (κ1) is 18.6. The van der Waals surface area contributed by atoms with Crippen molar-refractivity contribution in [3.8, 4) is 0 Å². The quantitative estimate of drug-likeness (QED) is 0.740. The first-order valence-corrected chi connectivity index (χ1v) is 9.40. The maximum atomic E-state index is 12.2. The lowest BCUT2D eigenvalue weighted by atomic mass is 9.93. The largest absolute Gasteiger partial charge is 0.466 e. The summed E-state index contributed by atoms with van der Waals surface area (Å²) >= 11 is 0. The molecule has 0 radical (unpaired) electrons. The van der Waals surface area contributed by atoms with E-state index in [1.807, 2.05) is 31.2 Å². The molecule has 0 amide bonds.